The van der Waals surface area contributed by atoms with E-state index in [9.17, 15) is 31.5 Å². The molecule has 1 fully saturated rings. The lowest BCUT2D eigenvalue weighted by molar-refractivity contribution is -0.137. The Balaban J connectivity index is 1.35. The number of carbonyl (C=O) groups excluding carboxylic acids is 1. The van der Waals surface area contributed by atoms with Crippen LogP contribution in [0.15, 0.2) is 18.6 Å². The monoisotopic (exact) mass is 619 g/mol. The molecule has 0 bridgehead atoms. The van der Waals surface area contributed by atoms with Gasteiger partial charge in [-0.15, -0.1) is 22.7 Å². The summed E-state index contributed by atoms with van der Waals surface area (Å²) in [4.78, 5) is 27.0. The molecule has 4 N–H and O–H groups in total. The fourth-order valence-electron chi connectivity index (χ4n) is 4.91. The van der Waals surface area contributed by atoms with Crippen LogP contribution in [0.5, 0.6) is 0 Å². The smallest absolute Gasteiger partial charge is 0.393 e. The number of thiophene rings is 1. The van der Waals surface area contributed by atoms with E-state index in [1.807, 2.05) is 4.72 Å². The summed E-state index contributed by atoms with van der Waals surface area (Å²) in [6.07, 6.45) is -2.70. The topological polar surface area (TPSA) is 164 Å². The second-order valence-corrected chi connectivity index (χ2v) is 13.1. The molecule has 4 atom stereocenters. The summed E-state index contributed by atoms with van der Waals surface area (Å²) in [5.41, 5.74) is 0.932. The average Bonchev–Trinajstić information content (AvgIpc) is 3.58. The Bertz CT molecular complexity index is 1530. The number of alkyl halides is 3. The molecule has 1 aliphatic carbocycles. The molecular weight excluding hydrogens is 595 g/mol. The number of ether oxygens (including phenoxy) is 1. The Kier molecular flexibility index (Phi) is 7.99. The number of aryl methyl sites for hydroxylation is 1. The Morgan fingerprint density at radius 1 is 1.27 bits per heavy atom. The van der Waals surface area contributed by atoms with E-state index < -0.39 is 45.4 Å². The number of aromatic nitrogens is 3. The van der Waals surface area contributed by atoms with Gasteiger partial charge in [-0.05, 0) is 25.8 Å². The van der Waals surface area contributed by atoms with Crippen molar-refractivity contribution in [3.63, 3.8) is 0 Å². The number of anilines is 1. The molecule has 4 heterocycles. The molecule has 0 unspecified atom stereocenters. The fraction of sp³-hybridized carbons (Fsp3) is 0.478. The fourth-order valence-corrected chi connectivity index (χ4v) is 7.27. The molecule has 1 saturated carbocycles. The summed E-state index contributed by atoms with van der Waals surface area (Å²) >= 11 is 1.78. The molecule has 5 rings (SSSR count). The molecule has 0 saturated heterocycles. The summed E-state index contributed by atoms with van der Waals surface area (Å²) in [6.45, 7) is 1.83. The summed E-state index contributed by atoms with van der Waals surface area (Å²) in [6, 6.07) is 1.26. The van der Waals surface area contributed by atoms with Gasteiger partial charge in [0.05, 0.1) is 28.8 Å². The number of rotatable bonds is 8. The zero-order valence-corrected chi connectivity index (χ0v) is 23.3. The van der Waals surface area contributed by atoms with Crippen LogP contribution in [0.25, 0.3) is 0 Å². The van der Waals surface area contributed by atoms with Crippen LogP contribution < -0.4 is 10.0 Å². The minimum Gasteiger partial charge on any atom is -0.393 e. The number of nitrogens with one attached hydrogen (secondary N) is 2. The number of carbonyl (C=O) groups is 1. The van der Waals surface area contributed by atoms with Crippen molar-refractivity contribution in [3.8, 4) is 0 Å². The number of fused-ring (bicyclic) bond motifs is 1. The maximum absolute atomic E-state index is 13.5. The van der Waals surface area contributed by atoms with Crippen LogP contribution in [0.3, 0.4) is 0 Å². The summed E-state index contributed by atoms with van der Waals surface area (Å²) in [5.74, 6) is -0.651. The molecule has 40 heavy (non-hydrogen) atoms. The molecule has 1 aliphatic heterocycles. The lowest BCUT2D eigenvalue weighted by Gasteiger charge is -2.22. The molecule has 0 amide bonds. The average molecular weight is 620 g/mol. The number of aliphatic hydroxyl groups excluding tert-OH is 1. The minimum atomic E-state index is -4.56. The van der Waals surface area contributed by atoms with Crippen LogP contribution in [-0.4, -0.2) is 64.1 Å². The van der Waals surface area contributed by atoms with Crippen LogP contribution in [0.2, 0.25) is 0 Å². The molecule has 3 aromatic rings. The van der Waals surface area contributed by atoms with E-state index in [-0.39, 0.29) is 42.7 Å². The van der Waals surface area contributed by atoms with Crippen LogP contribution in [-0.2, 0) is 27.6 Å². The lowest BCUT2D eigenvalue weighted by Crippen LogP contribution is -2.32. The predicted octanol–water partition coefficient (Wildman–Crippen LogP) is 3.16. The molecule has 11 nitrogen and oxygen atoms in total. The zero-order chi connectivity index (χ0) is 28.8. The Morgan fingerprint density at radius 3 is 2.77 bits per heavy atom. The molecule has 0 aromatic carbocycles. The van der Waals surface area contributed by atoms with Crippen molar-refractivity contribution in [2.75, 3.05) is 18.5 Å². The van der Waals surface area contributed by atoms with Gasteiger partial charge in [-0.25, -0.2) is 15.0 Å². The van der Waals surface area contributed by atoms with E-state index in [1.165, 1.54) is 23.9 Å². The van der Waals surface area contributed by atoms with Crippen LogP contribution in [0.1, 0.15) is 60.2 Å². The first kappa shape index (κ1) is 29.0. The van der Waals surface area contributed by atoms with Gasteiger partial charge in [0.1, 0.15) is 18.2 Å². The van der Waals surface area contributed by atoms with Crippen LogP contribution in [0, 0.1) is 12.8 Å². The van der Waals surface area contributed by atoms with Crippen molar-refractivity contribution in [3.05, 3.63) is 55.1 Å². The summed E-state index contributed by atoms with van der Waals surface area (Å²) in [7, 11) is -4.40. The van der Waals surface area contributed by atoms with Crippen molar-refractivity contribution in [2.45, 2.75) is 50.6 Å². The number of aliphatic hydroxyl groups is 1. The number of hydrogen-bond donors (Lipinski definition) is 4. The van der Waals surface area contributed by atoms with Crippen molar-refractivity contribution < 1.29 is 40.8 Å². The Labute approximate surface area is 234 Å². The number of nitrogens with zero attached hydrogens (tertiary/aromatic N) is 3. The largest absolute Gasteiger partial charge is 0.443 e. The Morgan fingerprint density at radius 2 is 2.05 bits per heavy atom. The maximum atomic E-state index is 13.5. The third-order valence-electron chi connectivity index (χ3n) is 6.78. The zero-order valence-electron chi connectivity index (χ0n) is 20.8. The van der Waals surface area contributed by atoms with Crippen molar-refractivity contribution in [1.82, 2.24) is 19.7 Å². The molecule has 3 aromatic heterocycles. The molecule has 17 heteroatoms. The quantitative estimate of drug-likeness (QED) is 0.218. The summed E-state index contributed by atoms with van der Waals surface area (Å²) in [5, 5.41) is 12.5. The van der Waals surface area contributed by atoms with E-state index in [1.54, 1.807) is 13.0 Å². The number of thiazole rings is 1. The summed E-state index contributed by atoms with van der Waals surface area (Å²) < 4.78 is 78.5. The highest BCUT2D eigenvalue weighted by Gasteiger charge is 2.39. The van der Waals surface area contributed by atoms with Crippen LogP contribution in [0.4, 0.5) is 19.0 Å². The minimum absolute atomic E-state index is 0.153. The number of hydrogen-bond acceptors (Lipinski definition) is 11. The maximum Gasteiger partial charge on any atom is 0.443 e. The molecule has 2 aliphatic rings. The third-order valence-corrected chi connectivity index (χ3v) is 9.55. The van der Waals surface area contributed by atoms with Gasteiger partial charge in [-0.2, -0.15) is 26.3 Å². The standard InChI is InChI=1S/C23H24F3N5O6S3/c1-10-13(20-18-16(2-3-37-20)39-22(31-18)23(24,25)26)6-17(38-10)19(33)14-8-27-9-28-21(14)30-12-4-11(15(32)5-12)7-29-40(34,35)36/h6,8-9,11-12,15,20,29,32H,2-5,7H2,1H3,(H,27,28,30)(H,34,35,36)/t11-,12-,15+,20-/m1/s1. The highest BCUT2D eigenvalue weighted by molar-refractivity contribution is 7.83. The lowest BCUT2D eigenvalue weighted by atomic mass is 10.0. The highest BCUT2D eigenvalue weighted by atomic mass is 32.2. The number of halogens is 3. The Hall–Kier alpha value is -2.54. The first-order valence-corrected chi connectivity index (χ1v) is 15.2. The second kappa shape index (κ2) is 11.0. The third kappa shape index (κ3) is 6.19. The first-order valence-electron chi connectivity index (χ1n) is 12.1. The van der Waals surface area contributed by atoms with Gasteiger partial charge in [0.25, 0.3) is 0 Å². The van der Waals surface area contributed by atoms with Gasteiger partial charge in [0, 0.05) is 46.4 Å². The SMILES string of the molecule is Cc1sc(C(=O)c2cncnc2N[C@@H]2C[C@H](CNS(=O)(=O)O)[C@@H](O)C2)cc1[C@H]1OCCc2sc(C(F)(F)F)nc21. The van der Waals surface area contributed by atoms with Gasteiger partial charge in [-0.1, -0.05) is 0 Å². The van der Waals surface area contributed by atoms with Crippen molar-refractivity contribution >= 4 is 44.6 Å². The van der Waals surface area contributed by atoms with E-state index in [4.69, 9.17) is 9.29 Å². The molecule has 0 spiro atoms. The highest BCUT2D eigenvalue weighted by Crippen LogP contribution is 2.43. The number of ketones is 1. The first-order chi connectivity index (χ1) is 18.8. The molecule has 0 radical (unpaired) electrons. The molecular formula is C23H24F3N5O6S3. The van der Waals surface area contributed by atoms with Gasteiger partial charge >= 0.3 is 16.5 Å². The van der Waals surface area contributed by atoms with Gasteiger partial charge < -0.3 is 15.2 Å². The van der Waals surface area contributed by atoms with E-state index in [2.05, 4.69) is 20.3 Å². The van der Waals surface area contributed by atoms with Crippen molar-refractivity contribution in [2.24, 2.45) is 5.92 Å². The normalized spacial score (nSPS) is 23.2. The second-order valence-electron chi connectivity index (χ2n) is 9.53. The van der Waals surface area contributed by atoms with E-state index in [0.29, 0.717) is 44.4 Å². The van der Waals surface area contributed by atoms with E-state index in [0.717, 1.165) is 0 Å². The van der Waals surface area contributed by atoms with Gasteiger partial charge in [0.2, 0.25) is 5.78 Å². The van der Waals surface area contributed by atoms with Crippen molar-refractivity contribution in [1.29, 1.82) is 0 Å². The molecule has 216 valence electrons. The van der Waals surface area contributed by atoms with E-state index >= 15 is 0 Å². The van der Waals surface area contributed by atoms with Gasteiger partial charge in [-0.3, -0.25) is 9.35 Å². The van der Waals surface area contributed by atoms with Gasteiger partial charge in [0.15, 0.2) is 5.01 Å². The predicted molar refractivity (Wildman–Crippen MR) is 139 cm³/mol. The van der Waals surface area contributed by atoms with Crippen LogP contribution >= 0.6 is 22.7 Å².